The quantitative estimate of drug-likeness (QED) is 0.216. The first-order valence-electron chi connectivity index (χ1n) is 8.68. The molecule has 0 saturated carbocycles. The first kappa shape index (κ1) is 20.9. The van der Waals surface area contributed by atoms with Gasteiger partial charge in [0, 0.05) is 22.0 Å². The molecule has 0 aliphatic heterocycles. The summed E-state index contributed by atoms with van der Waals surface area (Å²) < 4.78 is 1.37. The Labute approximate surface area is 187 Å². The molecule has 0 atom stereocenters. The molecular weight excluding hydrogens is 503 g/mol. The number of hydrogen-bond acceptors (Lipinski definition) is 3. The van der Waals surface area contributed by atoms with Gasteiger partial charge in [0.1, 0.15) is 0 Å². The van der Waals surface area contributed by atoms with E-state index in [4.69, 9.17) is 11.6 Å². The van der Waals surface area contributed by atoms with Crippen molar-refractivity contribution in [2.75, 3.05) is 16.1 Å². The van der Waals surface area contributed by atoms with Crippen molar-refractivity contribution in [1.29, 1.82) is 0 Å². The number of nitrogens with zero attached hydrogens (tertiary/aromatic N) is 1. The molecule has 0 heterocycles. The van der Waals surface area contributed by atoms with Gasteiger partial charge in [0.05, 0.1) is 28.6 Å². The van der Waals surface area contributed by atoms with Crippen molar-refractivity contribution in [2.24, 2.45) is 0 Å². The zero-order valence-corrected chi connectivity index (χ0v) is 18.4. The molecule has 8 heteroatoms. The number of halogens is 2. The highest BCUT2D eigenvalue weighted by Gasteiger charge is 2.14. The molecule has 3 N–H and O–H groups in total. The van der Waals surface area contributed by atoms with Crippen LogP contribution in [-0.4, -0.2) is 15.2 Å². The minimum atomic E-state index is -0.329. The van der Waals surface area contributed by atoms with Crippen LogP contribution in [0, 0.1) is 6.92 Å². The van der Waals surface area contributed by atoms with Crippen molar-refractivity contribution < 1.29 is 9.59 Å². The summed E-state index contributed by atoms with van der Waals surface area (Å²) in [6, 6.07) is 20.9. The van der Waals surface area contributed by atoms with Gasteiger partial charge in [-0.05, 0) is 67.1 Å². The van der Waals surface area contributed by atoms with E-state index in [0.717, 1.165) is 11.3 Å². The smallest absolute Gasteiger partial charge is 0.308 e. The first-order chi connectivity index (χ1) is 13.9. The summed E-state index contributed by atoms with van der Waals surface area (Å²) in [5, 5.41) is 6.13. The molecule has 0 unspecified atom stereocenters. The normalized spacial score (nSPS) is 10.2. The van der Waals surface area contributed by atoms with Crippen LogP contribution >= 0.6 is 34.5 Å². The molecule has 0 aromatic heterocycles. The molecule has 148 valence electrons. The Morgan fingerprint density at radius 1 is 0.897 bits per heavy atom. The molecular formula is C21H18ClIN4O2. The molecule has 0 spiro atoms. The van der Waals surface area contributed by atoms with Crippen molar-refractivity contribution in [2.45, 2.75) is 6.92 Å². The van der Waals surface area contributed by atoms with Gasteiger partial charge in [0.15, 0.2) is 0 Å². The lowest BCUT2D eigenvalue weighted by Gasteiger charge is -2.19. The third-order valence-corrected chi connectivity index (χ3v) is 4.94. The number of carbonyl (C=O) groups is 2. The number of urea groups is 1. The standard InChI is InChI=1S/C21H18ClIN4O2/c1-14-13-18(25-21(29)24-17-5-3-2-4-6-17)11-12-19(14)26-27(23)20(28)15-7-9-16(22)10-8-15/h2-13,26H,1H3,(H2,24,25,29). The highest BCUT2D eigenvalue weighted by atomic mass is 127. The van der Waals surface area contributed by atoms with Gasteiger partial charge in [-0.3, -0.25) is 10.2 Å². The van der Waals surface area contributed by atoms with Crippen LogP contribution in [0.2, 0.25) is 5.02 Å². The predicted molar refractivity (Wildman–Crippen MR) is 126 cm³/mol. The topological polar surface area (TPSA) is 73.5 Å². The molecule has 29 heavy (non-hydrogen) atoms. The van der Waals surface area contributed by atoms with Crippen molar-refractivity contribution in [1.82, 2.24) is 3.22 Å². The third kappa shape index (κ3) is 5.85. The summed E-state index contributed by atoms with van der Waals surface area (Å²) in [6.07, 6.45) is 0. The summed E-state index contributed by atoms with van der Waals surface area (Å²) in [4.78, 5) is 24.6. The highest BCUT2D eigenvalue weighted by molar-refractivity contribution is 14.1. The summed E-state index contributed by atoms with van der Waals surface area (Å²) >= 11 is 7.77. The lowest BCUT2D eigenvalue weighted by atomic mass is 10.2. The third-order valence-electron chi connectivity index (χ3n) is 4.00. The van der Waals surface area contributed by atoms with Crippen LogP contribution in [0.25, 0.3) is 0 Å². The van der Waals surface area contributed by atoms with Crippen molar-refractivity contribution in [3.05, 3.63) is 88.9 Å². The van der Waals surface area contributed by atoms with E-state index in [0.29, 0.717) is 22.0 Å². The van der Waals surface area contributed by atoms with Crippen LogP contribution in [0.1, 0.15) is 15.9 Å². The maximum atomic E-state index is 12.5. The number of amides is 3. The van der Waals surface area contributed by atoms with E-state index in [2.05, 4.69) is 16.1 Å². The van der Waals surface area contributed by atoms with Crippen LogP contribution in [-0.2, 0) is 0 Å². The average molecular weight is 521 g/mol. The maximum Gasteiger partial charge on any atom is 0.323 e. The van der Waals surface area contributed by atoms with E-state index in [1.54, 1.807) is 36.4 Å². The van der Waals surface area contributed by atoms with Gasteiger partial charge in [-0.15, -0.1) is 0 Å². The molecule has 0 aliphatic rings. The number of benzene rings is 3. The second kappa shape index (κ2) is 9.62. The van der Waals surface area contributed by atoms with E-state index in [1.807, 2.05) is 66.2 Å². The fraction of sp³-hybridized carbons (Fsp3) is 0.0476. The zero-order chi connectivity index (χ0) is 20.8. The van der Waals surface area contributed by atoms with Gasteiger partial charge in [-0.2, -0.15) is 3.22 Å². The number of anilines is 3. The minimum Gasteiger partial charge on any atom is -0.308 e. The summed E-state index contributed by atoms with van der Waals surface area (Å²) in [5.41, 5.74) is 6.54. The molecule has 0 radical (unpaired) electrons. The Balaban J connectivity index is 1.62. The average Bonchev–Trinajstić information content (AvgIpc) is 2.70. The Hall–Kier alpha value is -2.78. The van der Waals surface area contributed by atoms with Crippen LogP contribution in [0.3, 0.4) is 0 Å². The lowest BCUT2D eigenvalue weighted by Crippen LogP contribution is -2.27. The summed E-state index contributed by atoms with van der Waals surface area (Å²) in [7, 11) is 0. The number of para-hydroxylation sites is 1. The minimum absolute atomic E-state index is 0.203. The van der Waals surface area contributed by atoms with Crippen LogP contribution in [0.5, 0.6) is 0 Å². The zero-order valence-electron chi connectivity index (χ0n) is 15.4. The number of rotatable bonds is 5. The second-order valence-electron chi connectivity index (χ2n) is 6.18. The van der Waals surface area contributed by atoms with E-state index >= 15 is 0 Å². The maximum absolute atomic E-state index is 12.5. The van der Waals surface area contributed by atoms with Gasteiger partial charge in [0.25, 0.3) is 5.91 Å². The van der Waals surface area contributed by atoms with Crippen LogP contribution in [0.15, 0.2) is 72.8 Å². The van der Waals surface area contributed by atoms with Gasteiger partial charge in [0.2, 0.25) is 0 Å². The Kier molecular flexibility index (Phi) is 6.95. The fourth-order valence-corrected chi connectivity index (χ4v) is 3.21. The SMILES string of the molecule is Cc1cc(NC(=O)Nc2ccccc2)ccc1NN(I)C(=O)c1ccc(Cl)cc1. The van der Waals surface area contributed by atoms with Crippen LogP contribution in [0.4, 0.5) is 21.9 Å². The molecule has 3 amide bonds. The van der Waals surface area contributed by atoms with Gasteiger partial charge < -0.3 is 10.6 Å². The van der Waals surface area contributed by atoms with Crippen molar-refractivity contribution >= 4 is 63.5 Å². The van der Waals surface area contributed by atoms with Gasteiger partial charge >= 0.3 is 6.03 Å². The van der Waals surface area contributed by atoms with Crippen molar-refractivity contribution in [3.63, 3.8) is 0 Å². The molecule has 0 aliphatic carbocycles. The largest absolute Gasteiger partial charge is 0.323 e. The monoisotopic (exact) mass is 520 g/mol. The lowest BCUT2D eigenvalue weighted by molar-refractivity contribution is 0.0905. The van der Waals surface area contributed by atoms with E-state index in [-0.39, 0.29) is 11.9 Å². The van der Waals surface area contributed by atoms with E-state index in [1.165, 1.54) is 3.22 Å². The molecule has 3 aromatic carbocycles. The highest BCUT2D eigenvalue weighted by Crippen LogP contribution is 2.23. The Bertz CT molecular complexity index is 1010. The Morgan fingerprint density at radius 3 is 2.21 bits per heavy atom. The molecule has 0 bridgehead atoms. The molecule has 0 saturated heterocycles. The molecule has 6 nitrogen and oxygen atoms in total. The van der Waals surface area contributed by atoms with Gasteiger partial charge in [-0.25, -0.2) is 4.79 Å². The fourth-order valence-electron chi connectivity index (χ4n) is 2.54. The second-order valence-corrected chi connectivity index (χ2v) is 7.58. The summed E-state index contributed by atoms with van der Waals surface area (Å²) in [5.74, 6) is -0.203. The number of carbonyl (C=O) groups excluding carboxylic acids is 2. The van der Waals surface area contributed by atoms with Gasteiger partial charge in [-0.1, -0.05) is 29.8 Å². The predicted octanol–water partition coefficient (Wildman–Crippen LogP) is 6.11. The number of aryl methyl sites for hydroxylation is 1. The van der Waals surface area contributed by atoms with E-state index < -0.39 is 0 Å². The Morgan fingerprint density at radius 2 is 1.55 bits per heavy atom. The van der Waals surface area contributed by atoms with E-state index in [9.17, 15) is 9.59 Å². The first-order valence-corrected chi connectivity index (χ1v) is 10.0. The van der Waals surface area contributed by atoms with Crippen molar-refractivity contribution in [3.8, 4) is 0 Å². The molecule has 3 rings (SSSR count). The summed E-state index contributed by atoms with van der Waals surface area (Å²) in [6.45, 7) is 1.89. The number of hydrogen-bond donors (Lipinski definition) is 3. The van der Waals surface area contributed by atoms with Crippen LogP contribution < -0.4 is 16.1 Å². The molecule has 0 fully saturated rings. The number of hydrazine groups is 1. The molecule has 3 aromatic rings. The number of nitrogens with one attached hydrogen (secondary N) is 3.